The summed E-state index contributed by atoms with van der Waals surface area (Å²) in [6.07, 6.45) is 4.59. The minimum Gasteiger partial charge on any atom is -0.453 e. The van der Waals surface area contributed by atoms with E-state index in [1.165, 1.54) is 54.5 Å². The van der Waals surface area contributed by atoms with Crippen molar-refractivity contribution in [3.8, 4) is 0 Å². The highest BCUT2D eigenvalue weighted by atomic mass is 32.2. The number of hydrogen-bond donors (Lipinski definition) is 2. The predicted octanol–water partition coefficient (Wildman–Crippen LogP) is 4.88. The summed E-state index contributed by atoms with van der Waals surface area (Å²) < 4.78 is 63.1. The SMILES string of the molecule is COC(=O)N[C@H]1CCC[C@@H]1[C@](CN1CCC1)(c1cccc(F)c1)C1CCN(CC2(F)CN(c3ccc(S(=O)(=O)c4ccc(C(=O)N5CC(O)C5)cc4)cc3)C2)CC1. The number of benzene rings is 3. The van der Waals surface area contributed by atoms with Crippen molar-refractivity contribution in [2.75, 3.05) is 77.5 Å². The zero-order valence-corrected chi connectivity index (χ0v) is 33.3. The van der Waals surface area contributed by atoms with Crippen molar-refractivity contribution in [1.82, 2.24) is 20.0 Å². The molecule has 4 aliphatic heterocycles. The number of hydrogen-bond acceptors (Lipinski definition) is 9. The molecular weight excluding hydrogens is 753 g/mol. The van der Waals surface area contributed by atoms with Crippen LogP contribution < -0.4 is 10.2 Å². The van der Waals surface area contributed by atoms with Crippen LogP contribution in [-0.2, 0) is 20.0 Å². The van der Waals surface area contributed by atoms with Gasteiger partial charge in [0.1, 0.15) is 5.82 Å². The number of likely N-dealkylation sites (tertiary alicyclic amines) is 3. The summed E-state index contributed by atoms with van der Waals surface area (Å²) in [6, 6.07) is 19.3. The first-order valence-corrected chi connectivity index (χ1v) is 21.8. The largest absolute Gasteiger partial charge is 0.453 e. The van der Waals surface area contributed by atoms with E-state index < -0.39 is 33.1 Å². The minimum absolute atomic E-state index is 0.0700. The maximum absolute atomic E-state index is 16.3. The van der Waals surface area contributed by atoms with Crippen LogP contribution in [0.1, 0.15) is 54.4 Å². The van der Waals surface area contributed by atoms with Crippen LogP contribution in [0.2, 0.25) is 0 Å². The first kappa shape index (κ1) is 39.7. The Morgan fingerprint density at radius 2 is 1.56 bits per heavy atom. The van der Waals surface area contributed by atoms with Crippen molar-refractivity contribution in [3.63, 3.8) is 0 Å². The second-order valence-corrected chi connectivity index (χ2v) is 18.9. The van der Waals surface area contributed by atoms with Gasteiger partial charge in [-0.05, 0) is 136 Å². The highest BCUT2D eigenvalue weighted by Gasteiger charge is 2.54. The third-order valence-electron chi connectivity index (χ3n) is 13.3. The summed E-state index contributed by atoms with van der Waals surface area (Å²) in [6.45, 7) is 5.48. The number of methoxy groups -OCH3 is 1. The number of β-amino-alcohol motifs (C(OH)–C–C–N with tert-alkyl or cyclic N) is 1. The number of aliphatic hydroxyl groups excluding tert-OH is 1. The molecule has 0 unspecified atom stereocenters. The number of rotatable bonds is 12. The van der Waals surface area contributed by atoms with E-state index in [4.69, 9.17) is 4.74 Å². The summed E-state index contributed by atoms with van der Waals surface area (Å²) in [7, 11) is -2.46. The molecule has 3 atom stereocenters. The molecule has 2 N–H and O–H groups in total. The van der Waals surface area contributed by atoms with Crippen molar-refractivity contribution in [1.29, 1.82) is 0 Å². The number of carbonyl (C=O) groups excluding carboxylic acids is 2. The average Bonchev–Trinajstić information content (AvgIpc) is 3.64. The summed E-state index contributed by atoms with van der Waals surface area (Å²) in [5.41, 5.74) is 0.290. The third-order valence-corrected chi connectivity index (χ3v) is 15.1. The van der Waals surface area contributed by atoms with Crippen molar-refractivity contribution in [2.24, 2.45) is 11.8 Å². The summed E-state index contributed by atoms with van der Waals surface area (Å²) in [5.74, 6) is -0.193. The van der Waals surface area contributed by atoms with E-state index >= 15 is 8.78 Å². The molecule has 11 nitrogen and oxygen atoms in total. The van der Waals surface area contributed by atoms with Crippen LogP contribution in [-0.4, -0.2) is 131 Å². The summed E-state index contributed by atoms with van der Waals surface area (Å²) in [4.78, 5) is 33.3. The lowest BCUT2D eigenvalue weighted by Gasteiger charge is -2.54. The Bertz CT molecular complexity index is 2030. The standard InChI is InChI=1S/C43H53F2N5O6S/c1-56-41(53)46-39-8-3-7-38(39)43(29-47-19-4-20-47,32-5-2-6-33(44)23-32)31-17-21-48(22-18-31)26-42(45)27-50(28-42)34-11-15-37(16-12-34)57(54,55)36-13-9-30(10-14-36)40(52)49-24-35(51)25-49/h2,5-6,9-16,23,31,35,38-39,51H,3-4,7-8,17-22,24-29H2,1H3,(H,46,53)/t38-,39-,43-/m0/s1. The molecule has 0 aromatic heterocycles. The van der Waals surface area contributed by atoms with E-state index in [9.17, 15) is 23.1 Å². The van der Waals surface area contributed by atoms with Gasteiger partial charge in [0.25, 0.3) is 5.91 Å². The number of aliphatic hydroxyl groups is 1. The van der Waals surface area contributed by atoms with Crippen molar-refractivity contribution >= 4 is 27.5 Å². The minimum atomic E-state index is -3.84. The quantitative estimate of drug-likeness (QED) is 0.264. The molecule has 1 saturated carbocycles. The number of piperidine rings is 1. The third kappa shape index (κ3) is 7.90. The second kappa shape index (κ2) is 15.9. The Labute approximate surface area is 333 Å². The second-order valence-electron chi connectivity index (χ2n) is 16.9. The highest BCUT2D eigenvalue weighted by Crippen LogP contribution is 2.52. The topological polar surface area (TPSA) is 123 Å². The van der Waals surface area contributed by atoms with Gasteiger partial charge in [-0.2, -0.15) is 0 Å². The number of ether oxygens (including phenoxy) is 1. The van der Waals surface area contributed by atoms with Crippen LogP contribution in [0.15, 0.2) is 82.6 Å². The number of carbonyl (C=O) groups is 2. The van der Waals surface area contributed by atoms with Gasteiger partial charge in [0.2, 0.25) is 9.84 Å². The highest BCUT2D eigenvalue weighted by molar-refractivity contribution is 7.91. The summed E-state index contributed by atoms with van der Waals surface area (Å²) in [5, 5.41) is 12.6. The van der Waals surface area contributed by atoms with Crippen molar-refractivity contribution in [2.45, 2.75) is 71.5 Å². The van der Waals surface area contributed by atoms with Gasteiger partial charge in [-0.3, -0.25) is 9.69 Å². The van der Waals surface area contributed by atoms with Crippen LogP contribution in [0.4, 0.5) is 19.3 Å². The van der Waals surface area contributed by atoms with E-state index in [0.717, 1.165) is 82.5 Å². The molecule has 306 valence electrons. The Morgan fingerprint density at radius 1 is 0.895 bits per heavy atom. The smallest absolute Gasteiger partial charge is 0.407 e. The van der Waals surface area contributed by atoms with Crippen molar-refractivity contribution < 1.29 is 36.6 Å². The molecule has 3 aromatic rings. The first-order valence-electron chi connectivity index (χ1n) is 20.3. The molecule has 0 radical (unpaired) electrons. The molecule has 3 aromatic carbocycles. The Hall–Kier alpha value is -4.11. The predicted molar refractivity (Wildman–Crippen MR) is 211 cm³/mol. The van der Waals surface area contributed by atoms with Crippen LogP contribution in [0, 0.1) is 17.7 Å². The Balaban J connectivity index is 0.906. The van der Waals surface area contributed by atoms with E-state index in [0.29, 0.717) is 12.1 Å². The van der Waals surface area contributed by atoms with E-state index in [-0.39, 0.29) is 65.6 Å². The van der Waals surface area contributed by atoms with Crippen LogP contribution in [0.3, 0.4) is 0 Å². The van der Waals surface area contributed by atoms with Crippen LogP contribution in [0.25, 0.3) is 0 Å². The molecule has 2 amide bonds. The van der Waals surface area contributed by atoms with Gasteiger partial charge in [-0.1, -0.05) is 18.6 Å². The molecule has 0 spiro atoms. The molecule has 14 heteroatoms. The van der Waals surface area contributed by atoms with Gasteiger partial charge in [-0.15, -0.1) is 0 Å². The van der Waals surface area contributed by atoms with Gasteiger partial charge in [0, 0.05) is 48.9 Å². The summed E-state index contributed by atoms with van der Waals surface area (Å²) >= 11 is 0. The van der Waals surface area contributed by atoms with Gasteiger partial charge < -0.3 is 29.9 Å². The zero-order valence-electron chi connectivity index (χ0n) is 32.5. The normalized spacial score (nSPS) is 24.2. The number of halogens is 2. The number of anilines is 1. The average molecular weight is 806 g/mol. The lowest BCUT2D eigenvalue weighted by atomic mass is 9.57. The zero-order chi connectivity index (χ0) is 40.0. The molecule has 1 aliphatic carbocycles. The van der Waals surface area contributed by atoms with Gasteiger partial charge in [0.05, 0.1) is 36.1 Å². The fraction of sp³-hybridized carbons (Fsp3) is 0.535. The molecule has 8 rings (SSSR count). The lowest BCUT2D eigenvalue weighted by molar-refractivity contribution is 0.00580. The molecule has 4 saturated heterocycles. The van der Waals surface area contributed by atoms with E-state index in [1.807, 2.05) is 4.90 Å². The van der Waals surface area contributed by atoms with Gasteiger partial charge >= 0.3 is 6.09 Å². The van der Waals surface area contributed by atoms with Gasteiger partial charge in [0.15, 0.2) is 5.67 Å². The first-order chi connectivity index (χ1) is 27.4. The lowest BCUT2D eigenvalue weighted by Crippen LogP contribution is -2.65. The molecule has 4 heterocycles. The molecule has 57 heavy (non-hydrogen) atoms. The number of amides is 2. The van der Waals surface area contributed by atoms with E-state index in [2.05, 4.69) is 21.2 Å². The molecular formula is C43H53F2N5O6S. The van der Waals surface area contributed by atoms with Crippen molar-refractivity contribution in [3.05, 3.63) is 89.7 Å². The van der Waals surface area contributed by atoms with Crippen LogP contribution >= 0.6 is 0 Å². The number of nitrogens with one attached hydrogen (secondary N) is 1. The van der Waals surface area contributed by atoms with E-state index in [1.54, 1.807) is 24.3 Å². The Kier molecular flexibility index (Phi) is 11.1. The van der Waals surface area contributed by atoms with Crippen LogP contribution in [0.5, 0.6) is 0 Å². The Morgan fingerprint density at radius 3 is 2.16 bits per heavy atom. The molecule has 0 bridgehead atoms. The number of nitrogens with zero attached hydrogens (tertiary/aromatic N) is 4. The fourth-order valence-corrected chi connectivity index (χ4v) is 11.5. The number of sulfone groups is 1. The monoisotopic (exact) mass is 805 g/mol. The number of alkyl carbamates (subject to hydrolysis) is 1. The maximum atomic E-state index is 16.3. The van der Waals surface area contributed by atoms with Gasteiger partial charge in [-0.25, -0.2) is 22.0 Å². The number of alkyl halides is 1. The maximum Gasteiger partial charge on any atom is 0.407 e. The molecule has 5 fully saturated rings. The molecule has 5 aliphatic rings. The fourth-order valence-electron chi connectivity index (χ4n) is 10.2.